The number of aromatic nitrogens is 3. The molecule has 0 radical (unpaired) electrons. The molecular weight excluding hydrogens is 364 g/mol. The van der Waals surface area contributed by atoms with Gasteiger partial charge < -0.3 is 15.4 Å². The molecule has 0 spiro atoms. The van der Waals surface area contributed by atoms with Crippen molar-refractivity contribution in [3.8, 4) is 28.4 Å². The maximum atomic E-state index is 12.1. The SMILES string of the molecule is Cc1cc(C)[n+]([O-])c(Cl)c1-n1cncc1-c1cc(O)c(O)c([N+](=O)[O-])c1. The molecule has 0 fully saturated rings. The van der Waals surface area contributed by atoms with Crippen LogP contribution in [0.25, 0.3) is 16.9 Å². The highest BCUT2D eigenvalue weighted by atomic mass is 35.5. The lowest BCUT2D eigenvalue weighted by molar-refractivity contribution is -0.609. The van der Waals surface area contributed by atoms with Crippen LogP contribution in [0, 0.1) is 29.2 Å². The number of nitrogens with zero attached hydrogens (tertiary/aromatic N) is 4. The van der Waals surface area contributed by atoms with Gasteiger partial charge in [0.05, 0.1) is 23.1 Å². The van der Waals surface area contributed by atoms with Crippen molar-refractivity contribution in [1.29, 1.82) is 0 Å². The van der Waals surface area contributed by atoms with Crippen LogP contribution in [-0.4, -0.2) is 24.7 Å². The van der Waals surface area contributed by atoms with Crippen LogP contribution in [0.5, 0.6) is 11.5 Å². The molecule has 1 aromatic carbocycles. The van der Waals surface area contributed by atoms with Crippen molar-refractivity contribution < 1.29 is 19.9 Å². The highest BCUT2D eigenvalue weighted by Crippen LogP contribution is 2.40. The Kier molecular flexibility index (Phi) is 4.17. The normalized spacial score (nSPS) is 10.9. The Bertz CT molecular complexity index is 1050. The van der Waals surface area contributed by atoms with Crippen molar-refractivity contribution in [2.75, 3.05) is 0 Å². The van der Waals surface area contributed by atoms with E-state index in [4.69, 9.17) is 11.6 Å². The number of hydrogen-bond donors (Lipinski definition) is 2. The van der Waals surface area contributed by atoms with Crippen molar-refractivity contribution in [3.05, 3.63) is 62.5 Å². The predicted molar refractivity (Wildman–Crippen MR) is 92.4 cm³/mol. The number of imidazole rings is 1. The Labute approximate surface area is 152 Å². The molecule has 26 heavy (non-hydrogen) atoms. The lowest BCUT2D eigenvalue weighted by atomic mass is 10.1. The molecule has 3 aromatic rings. The first-order chi connectivity index (χ1) is 12.2. The zero-order valence-electron chi connectivity index (χ0n) is 13.7. The van der Waals surface area contributed by atoms with Gasteiger partial charge in [-0.05, 0) is 30.2 Å². The summed E-state index contributed by atoms with van der Waals surface area (Å²) >= 11 is 6.20. The van der Waals surface area contributed by atoms with Crippen LogP contribution in [0.3, 0.4) is 0 Å². The zero-order valence-corrected chi connectivity index (χ0v) is 14.4. The number of nitro benzene ring substituents is 1. The van der Waals surface area contributed by atoms with Gasteiger partial charge in [-0.3, -0.25) is 14.7 Å². The summed E-state index contributed by atoms with van der Waals surface area (Å²) < 4.78 is 2.05. The van der Waals surface area contributed by atoms with E-state index in [0.717, 1.165) is 6.07 Å². The van der Waals surface area contributed by atoms with E-state index < -0.39 is 22.1 Å². The van der Waals surface area contributed by atoms with E-state index in [1.165, 1.54) is 23.2 Å². The summed E-state index contributed by atoms with van der Waals surface area (Å²) in [6.07, 6.45) is 2.80. The fraction of sp³-hybridized carbons (Fsp3) is 0.125. The standard InChI is InChI=1S/C16H13ClN4O5/c1-8-3-9(2)20(24)16(17)14(8)19-7-18-6-12(19)10-4-11(21(25)26)15(23)13(22)5-10/h3-7,22-23H,1-2H3. The van der Waals surface area contributed by atoms with Crippen molar-refractivity contribution in [2.24, 2.45) is 0 Å². The topological polar surface area (TPSA) is 128 Å². The maximum absolute atomic E-state index is 12.1. The first-order valence-corrected chi connectivity index (χ1v) is 7.73. The van der Waals surface area contributed by atoms with Crippen LogP contribution in [0.1, 0.15) is 11.3 Å². The second kappa shape index (κ2) is 6.19. The highest BCUT2D eigenvalue weighted by molar-refractivity contribution is 6.30. The van der Waals surface area contributed by atoms with Crippen LogP contribution >= 0.6 is 11.6 Å². The van der Waals surface area contributed by atoms with Gasteiger partial charge in [0.15, 0.2) is 11.4 Å². The van der Waals surface area contributed by atoms with Crippen LogP contribution < -0.4 is 4.73 Å². The van der Waals surface area contributed by atoms with Gasteiger partial charge in [0.1, 0.15) is 5.69 Å². The number of nitro groups is 1. The largest absolute Gasteiger partial charge is 0.617 e. The molecule has 0 bridgehead atoms. The molecule has 0 aliphatic carbocycles. The Morgan fingerprint density at radius 1 is 1.27 bits per heavy atom. The number of phenolic OH excluding ortho intramolecular Hbond substituents is 2. The van der Waals surface area contributed by atoms with Gasteiger partial charge >= 0.3 is 10.8 Å². The average molecular weight is 377 g/mol. The molecule has 10 heteroatoms. The molecule has 2 aromatic heterocycles. The number of pyridine rings is 1. The Balaban J connectivity index is 2.27. The second-order valence-corrected chi connectivity index (χ2v) is 6.03. The monoisotopic (exact) mass is 376 g/mol. The molecule has 9 nitrogen and oxygen atoms in total. The van der Waals surface area contributed by atoms with E-state index in [2.05, 4.69) is 4.98 Å². The third-order valence-corrected chi connectivity index (χ3v) is 4.27. The number of phenols is 2. The second-order valence-electron chi connectivity index (χ2n) is 5.67. The minimum atomic E-state index is -0.827. The smallest absolute Gasteiger partial charge is 0.315 e. The van der Waals surface area contributed by atoms with Crippen molar-refractivity contribution in [2.45, 2.75) is 13.8 Å². The van der Waals surface area contributed by atoms with Gasteiger partial charge in [0.25, 0.3) is 0 Å². The first-order valence-electron chi connectivity index (χ1n) is 7.35. The number of hydrogen-bond acceptors (Lipinski definition) is 6. The zero-order chi connectivity index (χ0) is 19.2. The molecule has 2 N–H and O–H groups in total. The molecule has 0 amide bonds. The summed E-state index contributed by atoms with van der Waals surface area (Å²) in [5.41, 5.74) is 1.37. The van der Waals surface area contributed by atoms with Crippen molar-refractivity contribution >= 4 is 17.3 Å². The fourth-order valence-electron chi connectivity index (χ4n) is 2.72. The highest BCUT2D eigenvalue weighted by Gasteiger charge is 2.24. The summed E-state index contributed by atoms with van der Waals surface area (Å²) in [5, 5.41) is 42.6. The summed E-state index contributed by atoms with van der Waals surface area (Å²) in [4.78, 5) is 14.3. The van der Waals surface area contributed by atoms with E-state index in [-0.39, 0.29) is 10.7 Å². The first kappa shape index (κ1) is 17.5. The van der Waals surface area contributed by atoms with Gasteiger partial charge in [-0.25, -0.2) is 4.98 Å². The van der Waals surface area contributed by atoms with E-state index >= 15 is 0 Å². The van der Waals surface area contributed by atoms with Crippen LogP contribution in [0.4, 0.5) is 5.69 Å². The molecule has 0 atom stereocenters. The average Bonchev–Trinajstić information content (AvgIpc) is 3.04. The van der Waals surface area contributed by atoms with Crippen molar-refractivity contribution in [3.63, 3.8) is 0 Å². The fourth-order valence-corrected chi connectivity index (χ4v) is 3.09. The van der Waals surface area contributed by atoms with Crippen LogP contribution in [0.15, 0.2) is 30.7 Å². The Hall–Kier alpha value is -3.33. The lowest BCUT2D eigenvalue weighted by Crippen LogP contribution is -2.33. The van der Waals surface area contributed by atoms with E-state index in [1.54, 1.807) is 19.9 Å². The third-order valence-electron chi connectivity index (χ3n) is 3.93. The summed E-state index contributed by atoms with van der Waals surface area (Å²) in [5.74, 6) is -1.47. The van der Waals surface area contributed by atoms with E-state index in [1.807, 2.05) is 0 Å². The quantitative estimate of drug-likeness (QED) is 0.180. The molecule has 0 saturated carbocycles. The van der Waals surface area contributed by atoms with E-state index in [9.17, 15) is 25.5 Å². The molecule has 0 saturated heterocycles. The predicted octanol–water partition coefficient (Wildman–Crippen LogP) is 2.76. The lowest BCUT2D eigenvalue weighted by Gasteiger charge is -2.14. The van der Waals surface area contributed by atoms with Crippen molar-refractivity contribution in [1.82, 2.24) is 9.55 Å². The number of rotatable bonds is 3. The number of halogens is 1. The van der Waals surface area contributed by atoms with Gasteiger partial charge in [-0.1, -0.05) is 0 Å². The summed E-state index contributed by atoms with van der Waals surface area (Å²) in [7, 11) is 0. The molecule has 134 valence electrons. The molecular formula is C16H13ClN4O5. The summed E-state index contributed by atoms with van der Waals surface area (Å²) in [6.45, 7) is 3.38. The molecule has 0 aliphatic heterocycles. The minimum absolute atomic E-state index is 0.0840. The van der Waals surface area contributed by atoms with Gasteiger partial charge in [0.2, 0.25) is 5.75 Å². The maximum Gasteiger partial charge on any atom is 0.315 e. The van der Waals surface area contributed by atoms with E-state index in [0.29, 0.717) is 27.4 Å². The minimum Gasteiger partial charge on any atom is -0.617 e. The molecule has 0 aliphatic rings. The molecule has 2 heterocycles. The Morgan fingerprint density at radius 3 is 2.62 bits per heavy atom. The van der Waals surface area contributed by atoms with Gasteiger partial charge in [-0.2, -0.15) is 4.73 Å². The number of benzene rings is 1. The third kappa shape index (κ3) is 2.68. The number of aromatic hydroxyl groups is 2. The molecule has 0 unspecified atom stereocenters. The van der Waals surface area contributed by atoms with Crippen LogP contribution in [0.2, 0.25) is 5.15 Å². The Morgan fingerprint density at radius 2 is 1.96 bits per heavy atom. The summed E-state index contributed by atoms with van der Waals surface area (Å²) in [6, 6.07) is 3.92. The number of aryl methyl sites for hydroxylation is 2. The molecule has 3 rings (SSSR count). The van der Waals surface area contributed by atoms with Gasteiger partial charge in [0, 0.05) is 24.6 Å². The van der Waals surface area contributed by atoms with Crippen LogP contribution in [-0.2, 0) is 0 Å². The van der Waals surface area contributed by atoms with Gasteiger partial charge in [-0.15, -0.1) is 0 Å².